The Kier molecular flexibility index (Phi) is 4.44. The summed E-state index contributed by atoms with van der Waals surface area (Å²) in [6.07, 6.45) is 11.6. The summed E-state index contributed by atoms with van der Waals surface area (Å²) in [5, 5.41) is 22.0. The Morgan fingerprint density at radius 2 is 1.88 bits per heavy atom. The summed E-state index contributed by atoms with van der Waals surface area (Å²) in [6, 6.07) is 4.07. The number of fused-ring (bicyclic) bond motifs is 1. The van der Waals surface area contributed by atoms with Gasteiger partial charge < -0.3 is 19.8 Å². The second-order valence-corrected chi connectivity index (χ2v) is 11.9. The van der Waals surface area contributed by atoms with Gasteiger partial charge in [0.1, 0.15) is 6.10 Å². The highest BCUT2D eigenvalue weighted by Gasteiger charge is 2.73. The van der Waals surface area contributed by atoms with Gasteiger partial charge in [-0.15, -0.1) is 11.6 Å². The Hall–Kier alpha value is -1.24. The molecule has 1 aromatic heterocycles. The fourth-order valence-corrected chi connectivity index (χ4v) is 8.44. The van der Waals surface area contributed by atoms with Gasteiger partial charge >= 0.3 is 0 Å². The lowest BCUT2D eigenvalue weighted by Crippen LogP contribution is -2.68. The molecule has 1 saturated heterocycles. The highest BCUT2D eigenvalue weighted by Crippen LogP contribution is 2.71. The van der Waals surface area contributed by atoms with Crippen LogP contribution in [0.25, 0.3) is 5.57 Å². The van der Waals surface area contributed by atoms with Crippen molar-refractivity contribution < 1.29 is 14.9 Å². The summed E-state index contributed by atoms with van der Waals surface area (Å²) in [5.41, 5.74) is 2.44. The SMILES string of the molecule is CN(C)C1CC23CCC4(O2)C2CC=C(c5ccncc5)C2(C)CCC4(Cl)C=C3C(O)C1O. The molecular weight excluding hydrogens is 424 g/mol. The van der Waals surface area contributed by atoms with Gasteiger partial charge in [0.25, 0.3) is 0 Å². The van der Waals surface area contributed by atoms with Gasteiger partial charge in [0.2, 0.25) is 0 Å². The molecule has 172 valence electrons. The van der Waals surface area contributed by atoms with E-state index in [-0.39, 0.29) is 17.4 Å². The summed E-state index contributed by atoms with van der Waals surface area (Å²) in [5.74, 6) is 0.281. The van der Waals surface area contributed by atoms with E-state index in [1.165, 1.54) is 11.1 Å². The third kappa shape index (κ3) is 2.47. The molecule has 2 bridgehead atoms. The summed E-state index contributed by atoms with van der Waals surface area (Å²) in [4.78, 5) is 5.57. The van der Waals surface area contributed by atoms with Gasteiger partial charge in [-0.05, 0) is 86.9 Å². The van der Waals surface area contributed by atoms with Crippen molar-refractivity contribution in [2.24, 2.45) is 11.3 Å². The number of ether oxygens (including phenoxy) is 1. The van der Waals surface area contributed by atoms with E-state index in [4.69, 9.17) is 16.3 Å². The van der Waals surface area contributed by atoms with E-state index in [0.717, 1.165) is 37.7 Å². The molecule has 2 spiro atoms. The zero-order chi connectivity index (χ0) is 22.5. The third-order valence-corrected chi connectivity index (χ3v) is 10.3. The Balaban J connectivity index is 1.44. The highest BCUT2D eigenvalue weighted by molar-refractivity contribution is 6.26. The van der Waals surface area contributed by atoms with Crippen molar-refractivity contribution in [1.82, 2.24) is 9.88 Å². The molecule has 6 rings (SSSR count). The first-order chi connectivity index (χ1) is 15.2. The van der Waals surface area contributed by atoms with E-state index in [2.05, 4.69) is 36.2 Å². The second kappa shape index (κ2) is 6.67. The molecule has 0 radical (unpaired) electrons. The molecule has 2 N–H and O–H groups in total. The molecule has 8 unspecified atom stereocenters. The van der Waals surface area contributed by atoms with Crippen LogP contribution in [-0.2, 0) is 4.74 Å². The van der Waals surface area contributed by atoms with Crippen molar-refractivity contribution in [3.05, 3.63) is 47.8 Å². The second-order valence-electron chi connectivity index (χ2n) is 11.2. The largest absolute Gasteiger partial charge is 0.388 e. The van der Waals surface area contributed by atoms with Crippen LogP contribution in [0.5, 0.6) is 0 Å². The predicted molar refractivity (Wildman–Crippen MR) is 124 cm³/mol. The third-order valence-electron chi connectivity index (χ3n) is 9.63. The van der Waals surface area contributed by atoms with Crippen LogP contribution in [0.2, 0.25) is 0 Å². The summed E-state index contributed by atoms with van der Waals surface area (Å²) >= 11 is 7.47. The van der Waals surface area contributed by atoms with Gasteiger partial charge in [0.15, 0.2) is 0 Å². The van der Waals surface area contributed by atoms with Crippen LogP contribution in [0.4, 0.5) is 0 Å². The molecule has 3 aliphatic carbocycles. The predicted octanol–water partition coefficient (Wildman–Crippen LogP) is 3.55. The zero-order valence-corrected chi connectivity index (χ0v) is 19.8. The quantitative estimate of drug-likeness (QED) is 0.526. The molecule has 3 heterocycles. The number of pyridine rings is 1. The van der Waals surface area contributed by atoms with Crippen LogP contribution in [0.1, 0.15) is 51.0 Å². The van der Waals surface area contributed by atoms with Crippen LogP contribution >= 0.6 is 11.6 Å². The van der Waals surface area contributed by atoms with Crippen molar-refractivity contribution in [3.8, 4) is 0 Å². The Morgan fingerprint density at radius 3 is 2.59 bits per heavy atom. The van der Waals surface area contributed by atoms with Crippen LogP contribution < -0.4 is 0 Å². The topological polar surface area (TPSA) is 65.8 Å². The van der Waals surface area contributed by atoms with E-state index >= 15 is 0 Å². The summed E-state index contributed by atoms with van der Waals surface area (Å²) in [7, 11) is 3.93. The number of aromatic nitrogens is 1. The van der Waals surface area contributed by atoms with Gasteiger partial charge in [-0.2, -0.15) is 0 Å². The van der Waals surface area contributed by atoms with Crippen molar-refractivity contribution in [2.45, 2.75) is 79.8 Å². The maximum atomic E-state index is 11.1. The lowest BCUT2D eigenvalue weighted by atomic mass is 9.54. The number of nitrogens with zero attached hydrogens (tertiary/aromatic N) is 2. The van der Waals surface area contributed by atoms with Gasteiger partial charge in [-0.1, -0.05) is 19.1 Å². The van der Waals surface area contributed by atoms with Crippen molar-refractivity contribution in [3.63, 3.8) is 0 Å². The van der Waals surface area contributed by atoms with Crippen molar-refractivity contribution >= 4 is 17.2 Å². The van der Waals surface area contributed by atoms with Crippen LogP contribution in [0.15, 0.2) is 42.3 Å². The molecule has 8 atom stereocenters. The van der Waals surface area contributed by atoms with Gasteiger partial charge in [-0.25, -0.2) is 0 Å². The monoisotopic (exact) mass is 456 g/mol. The minimum atomic E-state index is -0.940. The summed E-state index contributed by atoms with van der Waals surface area (Å²) < 4.78 is 7.20. The van der Waals surface area contributed by atoms with Crippen molar-refractivity contribution in [1.29, 1.82) is 0 Å². The lowest BCUT2D eigenvalue weighted by Gasteiger charge is -2.61. The number of aliphatic hydroxyl groups excluding tert-OH is 2. The fourth-order valence-electron chi connectivity index (χ4n) is 7.96. The first-order valence-corrected chi connectivity index (χ1v) is 12.3. The molecule has 2 saturated carbocycles. The van der Waals surface area contributed by atoms with E-state index in [1.54, 1.807) is 0 Å². The number of allylic oxidation sites excluding steroid dienone is 2. The van der Waals surface area contributed by atoms with Crippen LogP contribution in [0, 0.1) is 11.3 Å². The maximum Gasteiger partial charge on any atom is 0.105 e. The normalized spacial score (nSPS) is 49.2. The molecule has 6 heteroatoms. The average molecular weight is 457 g/mol. The molecule has 1 aromatic rings. The standard InChI is InChI=1S/C26H33ClN2O3/c1-23-8-10-25(27)14-18-21(30)22(31)19(29(2)3)15-24(18)9-11-26(25,32-24)20(23)5-4-17(23)16-6-12-28-13-7-16/h4,6-7,12-14,19-22,30-31H,5,8-11,15H2,1-3H3. The van der Waals surface area contributed by atoms with E-state index in [9.17, 15) is 10.2 Å². The van der Waals surface area contributed by atoms with Crippen LogP contribution in [-0.4, -0.2) is 68.5 Å². The van der Waals surface area contributed by atoms with Gasteiger partial charge in [0.05, 0.1) is 22.2 Å². The Morgan fingerprint density at radius 1 is 1.12 bits per heavy atom. The molecule has 5 aliphatic rings. The number of rotatable bonds is 2. The summed E-state index contributed by atoms with van der Waals surface area (Å²) in [6.45, 7) is 2.39. The lowest BCUT2D eigenvalue weighted by molar-refractivity contribution is -0.199. The Bertz CT molecular complexity index is 1010. The fraction of sp³-hybridized carbons (Fsp3) is 0.654. The number of alkyl halides is 1. The number of hydrogen-bond acceptors (Lipinski definition) is 5. The molecule has 32 heavy (non-hydrogen) atoms. The zero-order valence-electron chi connectivity index (χ0n) is 19.1. The number of hydrogen-bond donors (Lipinski definition) is 2. The van der Waals surface area contributed by atoms with Gasteiger partial charge in [-0.3, -0.25) is 4.98 Å². The molecule has 0 amide bonds. The van der Waals surface area contributed by atoms with Gasteiger partial charge in [0, 0.05) is 24.4 Å². The maximum absolute atomic E-state index is 11.1. The average Bonchev–Trinajstić information content (AvgIpc) is 3.30. The first kappa shape index (κ1) is 21.3. The number of likely N-dealkylation sites (N-methyl/N-ethyl adjacent to an activating group) is 1. The van der Waals surface area contributed by atoms with E-state index in [0.29, 0.717) is 6.42 Å². The minimum Gasteiger partial charge on any atom is -0.388 e. The number of aliphatic hydroxyl groups is 2. The molecule has 3 fully saturated rings. The van der Waals surface area contributed by atoms with E-state index < -0.39 is 28.3 Å². The van der Waals surface area contributed by atoms with E-state index in [1.807, 2.05) is 31.4 Å². The molecule has 0 aromatic carbocycles. The highest BCUT2D eigenvalue weighted by atomic mass is 35.5. The molecular formula is C26H33ClN2O3. The smallest absolute Gasteiger partial charge is 0.105 e. The van der Waals surface area contributed by atoms with Crippen LogP contribution in [0.3, 0.4) is 0 Å². The Labute approximate surface area is 195 Å². The molecule has 2 aliphatic heterocycles. The van der Waals surface area contributed by atoms with Crippen molar-refractivity contribution in [2.75, 3.05) is 14.1 Å². The molecule has 5 nitrogen and oxygen atoms in total. The number of halogens is 1. The first-order valence-electron chi connectivity index (χ1n) is 11.9. The minimum absolute atomic E-state index is 0.00956.